The maximum atomic E-state index is 13.2. The Morgan fingerprint density at radius 3 is 1.36 bits per heavy atom. The van der Waals surface area contributed by atoms with E-state index in [1.807, 2.05) is 103 Å². The van der Waals surface area contributed by atoms with Crippen LogP contribution >= 0.6 is 109 Å². The van der Waals surface area contributed by atoms with Crippen LogP contribution in [0, 0.1) is 0 Å². The molecule has 6 aromatic carbocycles. The summed E-state index contributed by atoms with van der Waals surface area (Å²) < 4.78 is 20.9. The van der Waals surface area contributed by atoms with E-state index in [0.717, 1.165) is 45.4 Å². The number of nitrogens with one attached hydrogen (secondary N) is 4. The molecule has 7 N–H and O–H groups in total. The molecule has 4 aromatic heterocycles. The van der Waals surface area contributed by atoms with E-state index < -0.39 is 23.3 Å². The summed E-state index contributed by atoms with van der Waals surface area (Å²) in [5.74, 6) is 2.06. The highest BCUT2D eigenvalue weighted by Crippen LogP contribution is 2.61. The van der Waals surface area contributed by atoms with Crippen LogP contribution in [0.25, 0.3) is 16.9 Å². The van der Waals surface area contributed by atoms with Crippen LogP contribution in [0.15, 0.2) is 221 Å². The molecule has 0 bridgehead atoms. The van der Waals surface area contributed by atoms with Gasteiger partial charge in [-0.1, -0.05) is 179 Å². The van der Waals surface area contributed by atoms with Gasteiger partial charge in [-0.3, -0.25) is 18.9 Å². The van der Waals surface area contributed by atoms with E-state index >= 15 is 0 Å². The van der Waals surface area contributed by atoms with Gasteiger partial charge in [0.05, 0.1) is 84.7 Å². The van der Waals surface area contributed by atoms with Crippen LogP contribution in [0.2, 0.25) is 30.1 Å². The minimum atomic E-state index is -3.22. The molecule has 0 saturated heterocycles. The molecule has 3 unspecified atom stereocenters. The minimum absolute atomic E-state index is 0.0133. The van der Waals surface area contributed by atoms with Gasteiger partial charge in [0, 0.05) is 52.0 Å². The number of benzene rings is 6. The lowest BCUT2D eigenvalue weighted by molar-refractivity contribution is -0.133. The normalized spacial score (nSPS) is 15.1. The fourth-order valence-electron chi connectivity index (χ4n) is 10.3. The number of Topliss-reactive ketones (excluding diaryl/α,β-unsaturated/α-hetero) is 2. The fourth-order valence-corrected chi connectivity index (χ4v) is 11.2. The van der Waals surface area contributed by atoms with Crippen molar-refractivity contribution in [3.63, 3.8) is 0 Å². The molecule has 19 nitrogen and oxygen atoms in total. The van der Waals surface area contributed by atoms with Crippen LogP contribution in [-0.2, 0) is 14.2 Å². The highest BCUT2D eigenvalue weighted by Gasteiger charge is 2.36. The third-order valence-corrected chi connectivity index (χ3v) is 16.8. The summed E-state index contributed by atoms with van der Waals surface area (Å²) >= 11 is 50.6. The number of carbonyl (C=O) groups excluding carboxylic acids is 3. The number of nitrogens with two attached hydrogens (primary N) is 1. The number of carbonyl (C=O) groups is 4. The van der Waals surface area contributed by atoms with Crippen LogP contribution < -0.4 is 27.0 Å². The molecule has 0 radical (unpaired) electrons. The van der Waals surface area contributed by atoms with E-state index in [1.165, 1.54) is 0 Å². The number of rotatable bonds is 12. The number of fused-ring (bicyclic) bond motifs is 3. The first-order chi connectivity index (χ1) is 45.4. The van der Waals surface area contributed by atoms with Crippen LogP contribution in [0.5, 0.6) is 0 Å². The highest BCUT2D eigenvalue weighted by molar-refractivity contribution is 8.24. The van der Waals surface area contributed by atoms with Crippen molar-refractivity contribution in [1.82, 2.24) is 39.6 Å². The summed E-state index contributed by atoms with van der Waals surface area (Å²) in [6, 6.07) is 47.9. The van der Waals surface area contributed by atoms with Crippen molar-refractivity contribution >= 4 is 155 Å². The van der Waals surface area contributed by atoms with Crippen LogP contribution in [0.4, 0.5) is 17.5 Å². The number of hydrogen-bond acceptors (Lipinski definition) is 14. The van der Waals surface area contributed by atoms with Gasteiger partial charge in [0.2, 0.25) is 5.89 Å². The first-order valence-corrected chi connectivity index (χ1v) is 35.1. The van der Waals surface area contributed by atoms with E-state index in [-0.39, 0.29) is 42.2 Å². The lowest BCUT2D eigenvalue weighted by atomic mass is 9.94. The molecule has 3 atom stereocenters. The highest BCUT2D eigenvalue weighted by atomic mass is 36.0. The molecule has 3 aliphatic heterocycles. The molecule has 95 heavy (non-hydrogen) atoms. The molecule has 1 amide bonds. The molecule has 0 spiro atoms. The van der Waals surface area contributed by atoms with Crippen LogP contribution in [0.3, 0.4) is 0 Å². The number of oxazole rings is 1. The predicted octanol–water partition coefficient (Wildman–Crippen LogP) is 18.0. The summed E-state index contributed by atoms with van der Waals surface area (Å²) in [7, 11) is 0. The molecule has 10 aromatic rings. The zero-order valence-corrected chi connectivity index (χ0v) is 57.7. The van der Waals surface area contributed by atoms with E-state index in [1.54, 1.807) is 120 Å². The average molecular weight is 1480 g/mol. The summed E-state index contributed by atoms with van der Waals surface area (Å²) in [6.07, 6.45) is 6.77. The summed E-state index contributed by atoms with van der Waals surface area (Å²) in [6.45, 7) is 5.52. The number of ketones is 2. The van der Waals surface area contributed by atoms with Gasteiger partial charge in [-0.05, 0) is 108 Å². The van der Waals surface area contributed by atoms with Gasteiger partial charge in [0.25, 0.3) is 5.91 Å². The lowest BCUT2D eigenvalue weighted by Gasteiger charge is -2.30. The average Bonchev–Trinajstić information content (AvgIpc) is 1.74. The maximum absolute atomic E-state index is 13.2. The van der Waals surface area contributed by atoms with Gasteiger partial charge >= 0.3 is 11.2 Å². The van der Waals surface area contributed by atoms with Crippen molar-refractivity contribution in [2.75, 3.05) is 29.0 Å². The standard InChI is InChI=1S/C22H18Cl2N4O2.C22H16Cl2N4O.C14H11Cl2N3O2.C8H9NO.Cl3OP/c1-13-20(22(30)25-12-18(29)14-5-3-2-4-6-14)21(28-19(27-13)9-10-26-28)15-7-8-16(23)17(24)11-15;1-13-20(22-25-12-18(29-22)14-5-3-2-4-6-14)21(28-19(27-13)9-10-26-28)15-7-8-16(23)17(24)11-15;1-7-12(14(20)21)13(19-11(18-7)4-5-17-19)8-2-3-9(15)10(16)6-8;9-6-8(10)7-4-2-1-3-5-7;1-5(2,3)4/h2-11,21,27H,12H2,1H3,(H,25,30);2-12,21,27H,1H3;2-6,13,18H,1H3,(H,20,21);1-5H,6,9H2;. The number of hydrogen-bond donors (Lipinski definition) is 6. The molecule has 0 saturated carbocycles. The van der Waals surface area contributed by atoms with Gasteiger partial charge in [0.1, 0.15) is 35.6 Å². The number of halogens is 9. The number of aliphatic carboxylic acids is 1. The topological polar surface area (TPSA) is 259 Å². The van der Waals surface area contributed by atoms with Crippen molar-refractivity contribution in [2.45, 2.75) is 38.9 Å². The zero-order chi connectivity index (χ0) is 68.3. The summed E-state index contributed by atoms with van der Waals surface area (Å²) in [5, 5.41) is 34.4. The Kier molecular flexibility index (Phi) is 24.0. The number of nitrogens with zero attached hydrogens (tertiary/aromatic N) is 7. The van der Waals surface area contributed by atoms with Crippen LogP contribution in [0.1, 0.15) is 82.2 Å². The third kappa shape index (κ3) is 17.7. The largest absolute Gasteiger partial charge is 0.478 e. The Hall–Kier alpha value is -8.14. The first-order valence-electron chi connectivity index (χ1n) is 28.4. The number of anilines is 3. The van der Waals surface area contributed by atoms with E-state index in [4.69, 9.17) is 79.8 Å². The molecule has 3 aliphatic rings. The van der Waals surface area contributed by atoms with Crippen molar-refractivity contribution in [3.8, 4) is 11.3 Å². The second-order valence-electron chi connectivity index (χ2n) is 20.8. The Morgan fingerprint density at radius 2 is 0.926 bits per heavy atom. The molecule has 0 fully saturated rings. The van der Waals surface area contributed by atoms with Crippen molar-refractivity contribution in [2.24, 2.45) is 5.73 Å². The van der Waals surface area contributed by atoms with Gasteiger partial charge in [-0.2, -0.15) is 15.3 Å². The Morgan fingerprint density at radius 1 is 0.537 bits per heavy atom. The molecule has 7 heterocycles. The van der Waals surface area contributed by atoms with E-state index in [2.05, 4.69) is 75.3 Å². The Bertz CT molecular complexity index is 4600. The van der Waals surface area contributed by atoms with Gasteiger partial charge in [-0.25, -0.2) is 23.8 Å². The molecular formula is C66H54Cl9N12O7P. The zero-order valence-electron chi connectivity index (χ0n) is 50.0. The third-order valence-electron chi connectivity index (χ3n) is 14.6. The van der Waals surface area contributed by atoms with Crippen molar-refractivity contribution in [1.29, 1.82) is 0 Å². The minimum Gasteiger partial charge on any atom is -0.478 e. The number of amides is 1. The Labute approximate surface area is 589 Å². The van der Waals surface area contributed by atoms with E-state index in [9.17, 15) is 28.8 Å². The maximum Gasteiger partial charge on any atom is 0.339 e. The summed E-state index contributed by atoms with van der Waals surface area (Å²) in [4.78, 5) is 52.7. The second kappa shape index (κ2) is 32.1. The number of carboxylic acids is 1. The van der Waals surface area contributed by atoms with Crippen LogP contribution in [-0.4, -0.2) is 76.0 Å². The Balaban J connectivity index is 0.000000153. The molecular weight excluding hydrogens is 1420 g/mol. The second-order valence-corrected chi connectivity index (χ2v) is 29.8. The monoisotopic (exact) mass is 1470 g/mol. The predicted molar refractivity (Wildman–Crippen MR) is 378 cm³/mol. The number of aromatic nitrogens is 7. The number of allylic oxidation sites excluding steroid dienone is 4. The quantitative estimate of drug-likeness (QED) is 0.0491. The van der Waals surface area contributed by atoms with Crippen molar-refractivity contribution < 1.29 is 33.3 Å². The molecule has 488 valence electrons. The first kappa shape index (κ1) is 71.2. The SMILES string of the molecule is CC1=C(C(=O)NCC(=O)c2ccccc2)C(c2ccc(Cl)c(Cl)c2)n2nccc2N1.CC1=C(C(=O)O)C(c2ccc(Cl)c(Cl)c2)n2nccc2N1.CC1=C(c2ncc(-c3ccccc3)o2)C(c2ccc(Cl)c(Cl)c2)n2nccc2N1.NCC(=O)c1ccccc1.O=P(Cl)(Cl)Cl. The summed E-state index contributed by atoms with van der Waals surface area (Å²) in [5.41, 5.74) is 13.5. The van der Waals surface area contributed by atoms with Gasteiger partial charge in [0.15, 0.2) is 17.3 Å². The van der Waals surface area contributed by atoms with E-state index in [0.29, 0.717) is 75.4 Å². The van der Waals surface area contributed by atoms with Gasteiger partial charge < -0.3 is 36.5 Å². The smallest absolute Gasteiger partial charge is 0.339 e. The molecule has 0 aliphatic carbocycles. The molecule has 29 heteroatoms. The van der Waals surface area contributed by atoms with Crippen molar-refractivity contribution in [3.05, 3.63) is 281 Å². The fraction of sp³-hybridized carbons (Fsp3) is 0.121. The number of carboxylic acid groups (broad SMARTS) is 1. The van der Waals surface area contributed by atoms with Gasteiger partial charge in [-0.15, -0.1) is 0 Å². The lowest BCUT2D eigenvalue weighted by Crippen LogP contribution is -2.37. The molecule has 13 rings (SSSR count).